The molecule has 1 aromatic carbocycles. The highest BCUT2D eigenvalue weighted by atomic mass is 79.9. The number of unbranched alkanes of at least 4 members (excludes halogenated alkanes) is 2. The SMILES string of the molecule is O=S(=O)(CCCCCBr)c1cc(F)ccc1F. The van der Waals surface area contributed by atoms with Crippen molar-refractivity contribution < 1.29 is 17.2 Å². The average molecular weight is 327 g/mol. The van der Waals surface area contributed by atoms with E-state index in [-0.39, 0.29) is 5.75 Å². The second kappa shape index (κ2) is 6.44. The number of alkyl halides is 1. The maximum Gasteiger partial charge on any atom is 0.181 e. The predicted molar refractivity (Wildman–Crippen MR) is 66.1 cm³/mol. The zero-order valence-corrected chi connectivity index (χ0v) is 11.5. The van der Waals surface area contributed by atoms with Crippen molar-refractivity contribution in [2.24, 2.45) is 0 Å². The summed E-state index contributed by atoms with van der Waals surface area (Å²) >= 11 is 3.24. The lowest BCUT2D eigenvalue weighted by atomic mass is 10.3. The van der Waals surface area contributed by atoms with E-state index in [2.05, 4.69) is 15.9 Å². The van der Waals surface area contributed by atoms with E-state index in [0.717, 1.165) is 36.4 Å². The summed E-state index contributed by atoms with van der Waals surface area (Å²) in [5.41, 5.74) is 0. The standard InChI is InChI=1S/C11H13BrF2O2S/c12-6-2-1-3-7-17(15,16)11-8-9(13)4-5-10(11)14/h4-5,8H,1-3,6-7H2. The average Bonchev–Trinajstić information content (AvgIpc) is 2.28. The molecule has 6 heteroatoms. The van der Waals surface area contributed by atoms with Crippen LogP contribution in [-0.2, 0) is 9.84 Å². The first kappa shape index (κ1) is 14.6. The highest BCUT2D eigenvalue weighted by Crippen LogP contribution is 2.18. The van der Waals surface area contributed by atoms with Crippen molar-refractivity contribution in [1.29, 1.82) is 0 Å². The number of benzene rings is 1. The molecular weight excluding hydrogens is 314 g/mol. The van der Waals surface area contributed by atoms with Crippen LogP contribution in [0.3, 0.4) is 0 Å². The minimum absolute atomic E-state index is 0.152. The second-order valence-electron chi connectivity index (χ2n) is 3.64. The zero-order valence-electron chi connectivity index (χ0n) is 9.13. The number of hydrogen-bond acceptors (Lipinski definition) is 2. The molecule has 0 bridgehead atoms. The normalized spacial score (nSPS) is 11.7. The molecule has 17 heavy (non-hydrogen) atoms. The van der Waals surface area contributed by atoms with Crippen molar-refractivity contribution in [1.82, 2.24) is 0 Å². The first-order chi connectivity index (χ1) is 7.97. The van der Waals surface area contributed by atoms with E-state index in [1.807, 2.05) is 0 Å². The first-order valence-corrected chi connectivity index (χ1v) is 7.98. The van der Waals surface area contributed by atoms with Gasteiger partial charge in [-0.2, -0.15) is 0 Å². The van der Waals surface area contributed by atoms with Gasteiger partial charge in [0.15, 0.2) is 9.84 Å². The Balaban J connectivity index is 2.79. The van der Waals surface area contributed by atoms with Crippen LogP contribution in [0.15, 0.2) is 23.1 Å². The molecule has 0 heterocycles. The maximum atomic E-state index is 13.3. The molecule has 0 aliphatic rings. The Morgan fingerprint density at radius 3 is 2.47 bits per heavy atom. The molecule has 0 radical (unpaired) electrons. The fourth-order valence-corrected chi connectivity index (χ4v) is 3.25. The minimum atomic E-state index is -3.72. The van der Waals surface area contributed by atoms with Crippen LogP contribution in [0.2, 0.25) is 0 Å². The Labute approximate surface area is 108 Å². The summed E-state index contributed by atoms with van der Waals surface area (Å²) in [6.45, 7) is 0. The van der Waals surface area contributed by atoms with E-state index >= 15 is 0 Å². The lowest BCUT2D eigenvalue weighted by Crippen LogP contribution is -2.09. The smallest absolute Gasteiger partial charge is 0.181 e. The fourth-order valence-electron chi connectivity index (χ4n) is 1.39. The zero-order chi connectivity index (χ0) is 12.9. The molecule has 0 spiro atoms. The van der Waals surface area contributed by atoms with Crippen molar-refractivity contribution in [3.63, 3.8) is 0 Å². The van der Waals surface area contributed by atoms with Crippen LogP contribution in [-0.4, -0.2) is 19.5 Å². The largest absolute Gasteiger partial charge is 0.224 e. The highest BCUT2D eigenvalue weighted by Gasteiger charge is 2.19. The Kier molecular flexibility index (Phi) is 5.52. The number of rotatable bonds is 6. The summed E-state index contributed by atoms with van der Waals surface area (Å²) in [6, 6.07) is 2.47. The van der Waals surface area contributed by atoms with Gasteiger partial charge >= 0.3 is 0 Å². The summed E-state index contributed by atoms with van der Waals surface area (Å²) in [5.74, 6) is -1.79. The van der Waals surface area contributed by atoms with Gasteiger partial charge in [-0.25, -0.2) is 17.2 Å². The number of hydrogen-bond donors (Lipinski definition) is 0. The summed E-state index contributed by atoms with van der Waals surface area (Å²) in [6.07, 6.45) is 2.05. The molecular formula is C11H13BrF2O2S. The summed E-state index contributed by atoms with van der Waals surface area (Å²) in [5, 5.41) is 0.807. The molecule has 0 N–H and O–H groups in total. The van der Waals surface area contributed by atoms with E-state index in [9.17, 15) is 17.2 Å². The third-order valence-electron chi connectivity index (χ3n) is 2.28. The van der Waals surface area contributed by atoms with E-state index in [4.69, 9.17) is 0 Å². The van der Waals surface area contributed by atoms with Gasteiger partial charge < -0.3 is 0 Å². The van der Waals surface area contributed by atoms with Gasteiger partial charge in [0, 0.05) is 5.33 Å². The van der Waals surface area contributed by atoms with E-state index < -0.39 is 26.4 Å². The first-order valence-electron chi connectivity index (χ1n) is 5.21. The van der Waals surface area contributed by atoms with Crippen molar-refractivity contribution in [2.75, 3.05) is 11.1 Å². The van der Waals surface area contributed by atoms with Crippen molar-refractivity contribution in [3.8, 4) is 0 Å². The van der Waals surface area contributed by atoms with Crippen LogP contribution in [0.4, 0.5) is 8.78 Å². The van der Waals surface area contributed by atoms with Crippen molar-refractivity contribution in [3.05, 3.63) is 29.8 Å². The molecule has 1 rings (SSSR count). The summed E-state index contributed by atoms with van der Waals surface area (Å²) in [7, 11) is -3.72. The van der Waals surface area contributed by atoms with E-state index in [1.165, 1.54) is 0 Å². The molecule has 0 unspecified atom stereocenters. The quantitative estimate of drug-likeness (QED) is 0.593. The van der Waals surface area contributed by atoms with Gasteiger partial charge in [-0.1, -0.05) is 22.4 Å². The van der Waals surface area contributed by atoms with E-state index in [0.29, 0.717) is 6.42 Å². The Hall–Kier alpha value is -0.490. The number of halogens is 3. The Morgan fingerprint density at radius 1 is 1.12 bits per heavy atom. The van der Waals surface area contributed by atoms with Crippen LogP contribution in [0, 0.1) is 11.6 Å². The monoisotopic (exact) mass is 326 g/mol. The molecule has 0 aromatic heterocycles. The topological polar surface area (TPSA) is 34.1 Å². The predicted octanol–water partition coefficient (Wildman–Crippen LogP) is 3.30. The maximum absolute atomic E-state index is 13.3. The Morgan fingerprint density at radius 2 is 1.82 bits per heavy atom. The van der Waals surface area contributed by atoms with Gasteiger partial charge in [0.25, 0.3) is 0 Å². The molecule has 0 atom stereocenters. The van der Waals surface area contributed by atoms with Crippen LogP contribution >= 0.6 is 15.9 Å². The van der Waals surface area contributed by atoms with Gasteiger partial charge in [-0.05, 0) is 31.0 Å². The van der Waals surface area contributed by atoms with Crippen LogP contribution in [0.5, 0.6) is 0 Å². The van der Waals surface area contributed by atoms with Crippen molar-refractivity contribution >= 4 is 25.8 Å². The van der Waals surface area contributed by atoms with Crippen LogP contribution in [0.1, 0.15) is 19.3 Å². The lowest BCUT2D eigenvalue weighted by molar-refractivity contribution is 0.551. The molecule has 0 saturated carbocycles. The summed E-state index contributed by atoms with van der Waals surface area (Å²) in [4.78, 5) is -0.545. The second-order valence-corrected chi connectivity index (χ2v) is 6.51. The molecule has 0 amide bonds. The van der Waals surface area contributed by atoms with Gasteiger partial charge in [-0.3, -0.25) is 0 Å². The highest BCUT2D eigenvalue weighted by molar-refractivity contribution is 9.09. The fraction of sp³-hybridized carbons (Fsp3) is 0.455. The van der Waals surface area contributed by atoms with Gasteiger partial charge in [-0.15, -0.1) is 0 Å². The third-order valence-corrected chi connectivity index (χ3v) is 4.64. The number of sulfone groups is 1. The molecule has 0 saturated heterocycles. The molecule has 1 aromatic rings. The van der Waals surface area contributed by atoms with Crippen LogP contribution < -0.4 is 0 Å². The van der Waals surface area contributed by atoms with Gasteiger partial charge in [0.1, 0.15) is 16.5 Å². The van der Waals surface area contributed by atoms with Gasteiger partial charge in [0.05, 0.1) is 5.75 Å². The lowest BCUT2D eigenvalue weighted by Gasteiger charge is -2.05. The molecule has 0 aliphatic carbocycles. The molecule has 2 nitrogen and oxygen atoms in total. The van der Waals surface area contributed by atoms with Gasteiger partial charge in [0.2, 0.25) is 0 Å². The third kappa shape index (κ3) is 4.35. The Bertz CT molecular complexity index is 474. The molecule has 0 aliphatic heterocycles. The molecule has 96 valence electrons. The summed E-state index contributed by atoms with van der Waals surface area (Å²) < 4.78 is 49.7. The van der Waals surface area contributed by atoms with Crippen LogP contribution in [0.25, 0.3) is 0 Å². The molecule has 0 fully saturated rings. The minimum Gasteiger partial charge on any atom is -0.224 e. The van der Waals surface area contributed by atoms with E-state index in [1.54, 1.807) is 0 Å². The van der Waals surface area contributed by atoms with Crippen molar-refractivity contribution in [2.45, 2.75) is 24.2 Å².